The van der Waals surface area contributed by atoms with Crippen molar-refractivity contribution in [1.29, 1.82) is 0 Å². The number of rotatable bonds is 2. The molecule has 0 aromatic heterocycles. The zero-order valence-electron chi connectivity index (χ0n) is 9.09. The van der Waals surface area contributed by atoms with E-state index in [1.807, 2.05) is 0 Å². The highest BCUT2D eigenvalue weighted by molar-refractivity contribution is 6.42. The van der Waals surface area contributed by atoms with E-state index in [2.05, 4.69) is 10.6 Å². The third kappa shape index (κ3) is 2.76. The molecule has 6 heteroatoms. The summed E-state index contributed by atoms with van der Waals surface area (Å²) < 4.78 is 0. The molecule has 1 atom stereocenters. The van der Waals surface area contributed by atoms with Crippen LogP contribution < -0.4 is 16.4 Å². The highest BCUT2D eigenvalue weighted by Crippen LogP contribution is 2.31. The molecule has 4 nitrogen and oxygen atoms in total. The molecule has 1 unspecified atom stereocenters. The van der Waals surface area contributed by atoms with Gasteiger partial charge in [-0.05, 0) is 25.0 Å². The van der Waals surface area contributed by atoms with Crippen molar-refractivity contribution < 1.29 is 4.79 Å². The third-order valence-corrected chi connectivity index (χ3v) is 3.43. The van der Waals surface area contributed by atoms with Crippen molar-refractivity contribution in [3.63, 3.8) is 0 Å². The lowest BCUT2D eigenvalue weighted by atomic mass is 10.1. The molecule has 0 aliphatic carbocycles. The molecule has 1 fully saturated rings. The second-order valence-electron chi connectivity index (χ2n) is 3.98. The Morgan fingerprint density at radius 3 is 2.76 bits per heavy atom. The van der Waals surface area contributed by atoms with Crippen LogP contribution in [0.1, 0.15) is 12.8 Å². The number of amides is 1. The molecule has 4 N–H and O–H groups in total. The molecule has 0 radical (unpaired) electrons. The quantitative estimate of drug-likeness (QED) is 0.725. The van der Waals surface area contributed by atoms with Crippen molar-refractivity contribution in [2.75, 3.05) is 17.6 Å². The maximum atomic E-state index is 11.6. The van der Waals surface area contributed by atoms with Crippen molar-refractivity contribution in [3.05, 3.63) is 22.2 Å². The van der Waals surface area contributed by atoms with Crippen LogP contribution in [0.2, 0.25) is 10.0 Å². The van der Waals surface area contributed by atoms with Gasteiger partial charge in [-0.3, -0.25) is 4.79 Å². The number of piperidine rings is 1. The number of anilines is 2. The van der Waals surface area contributed by atoms with Crippen LogP contribution in [0.25, 0.3) is 0 Å². The minimum Gasteiger partial charge on any atom is -0.397 e. The van der Waals surface area contributed by atoms with Gasteiger partial charge in [0.1, 0.15) is 6.04 Å². The minimum absolute atomic E-state index is 0.0123. The summed E-state index contributed by atoms with van der Waals surface area (Å²) in [6.45, 7) is 0.730. The van der Waals surface area contributed by atoms with Gasteiger partial charge in [-0.15, -0.1) is 0 Å². The molecular formula is C11H13Cl2N3O. The Morgan fingerprint density at radius 1 is 1.35 bits per heavy atom. The van der Waals surface area contributed by atoms with E-state index in [4.69, 9.17) is 28.9 Å². The van der Waals surface area contributed by atoms with E-state index < -0.39 is 0 Å². The molecule has 1 aromatic rings. The van der Waals surface area contributed by atoms with Gasteiger partial charge < -0.3 is 16.4 Å². The van der Waals surface area contributed by atoms with Gasteiger partial charge in [0.25, 0.3) is 0 Å². The first-order valence-electron chi connectivity index (χ1n) is 5.36. The maximum Gasteiger partial charge on any atom is 0.242 e. The van der Waals surface area contributed by atoms with Crippen LogP contribution in [0.15, 0.2) is 12.1 Å². The van der Waals surface area contributed by atoms with Crippen molar-refractivity contribution in [2.24, 2.45) is 0 Å². The van der Waals surface area contributed by atoms with Crippen LogP contribution in [0.4, 0.5) is 11.4 Å². The predicted molar refractivity (Wildman–Crippen MR) is 70.5 cm³/mol. The van der Waals surface area contributed by atoms with Crippen LogP contribution in [-0.4, -0.2) is 18.5 Å². The van der Waals surface area contributed by atoms with E-state index in [0.717, 1.165) is 19.4 Å². The zero-order valence-corrected chi connectivity index (χ0v) is 10.6. The Kier molecular flexibility index (Phi) is 3.64. The van der Waals surface area contributed by atoms with Gasteiger partial charge in [0, 0.05) is 6.54 Å². The van der Waals surface area contributed by atoms with Crippen molar-refractivity contribution in [1.82, 2.24) is 5.32 Å². The smallest absolute Gasteiger partial charge is 0.242 e. The average Bonchev–Trinajstić information content (AvgIpc) is 2.29. The molecule has 0 bridgehead atoms. The largest absolute Gasteiger partial charge is 0.397 e. The SMILES string of the molecule is Nc1cc(Cl)c(Cl)cc1NC1CCCNC1=O. The molecule has 92 valence electrons. The van der Waals surface area contributed by atoms with E-state index in [-0.39, 0.29) is 11.9 Å². The van der Waals surface area contributed by atoms with Crippen LogP contribution in [0, 0.1) is 0 Å². The Balaban J connectivity index is 2.17. The first kappa shape index (κ1) is 12.3. The molecule has 17 heavy (non-hydrogen) atoms. The molecule has 2 rings (SSSR count). The highest BCUT2D eigenvalue weighted by atomic mass is 35.5. The fraction of sp³-hybridized carbons (Fsp3) is 0.364. The van der Waals surface area contributed by atoms with Crippen LogP contribution in [0.3, 0.4) is 0 Å². The summed E-state index contributed by atoms with van der Waals surface area (Å²) in [5, 5.41) is 6.70. The first-order valence-corrected chi connectivity index (χ1v) is 6.12. The molecule has 1 aromatic carbocycles. The summed E-state index contributed by atoms with van der Waals surface area (Å²) in [5.74, 6) is -0.0123. The Hall–Kier alpha value is -1.13. The number of nitrogens with one attached hydrogen (secondary N) is 2. The van der Waals surface area contributed by atoms with Gasteiger partial charge in [-0.1, -0.05) is 23.2 Å². The van der Waals surface area contributed by atoms with Crippen LogP contribution >= 0.6 is 23.2 Å². The Bertz CT molecular complexity index is 451. The minimum atomic E-state index is -0.261. The monoisotopic (exact) mass is 273 g/mol. The number of hydrogen-bond acceptors (Lipinski definition) is 3. The number of carbonyl (C=O) groups is 1. The predicted octanol–water partition coefficient (Wildman–Crippen LogP) is 2.27. The van der Waals surface area contributed by atoms with Gasteiger partial charge in [0.15, 0.2) is 0 Å². The summed E-state index contributed by atoms with van der Waals surface area (Å²) in [6, 6.07) is 2.96. The van der Waals surface area contributed by atoms with Crippen molar-refractivity contribution >= 4 is 40.5 Å². The lowest BCUT2D eigenvalue weighted by molar-refractivity contribution is -0.123. The summed E-state index contributed by atoms with van der Waals surface area (Å²) in [6.07, 6.45) is 1.73. The molecule has 1 amide bonds. The van der Waals surface area contributed by atoms with Gasteiger partial charge in [0.2, 0.25) is 5.91 Å². The molecule has 1 aliphatic rings. The summed E-state index contributed by atoms with van der Waals surface area (Å²) >= 11 is 11.8. The highest BCUT2D eigenvalue weighted by Gasteiger charge is 2.22. The molecule has 1 saturated heterocycles. The third-order valence-electron chi connectivity index (χ3n) is 2.71. The van der Waals surface area contributed by atoms with E-state index in [9.17, 15) is 4.79 Å². The lowest BCUT2D eigenvalue weighted by Gasteiger charge is -2.24. The Morgan fingerprint density at radius 2 is 2.06 bits per heavy atom. The number of carbonyl (C=O) groups excluding carboxylic acids is 1. The maximum absolute atomic E-state index is 11.6. The number of nitrogens with two attached hydrogens (primary N) is 1. The average molecular weight is 274 g/mol. The van der Waals surface area contributed by atoms with Crippen LogP contribution in [-0.2, 0) is 4.79 Å². The fourth-order valence-electron chi connectivity index (χ4n) is 1.78. The van der Waals surface area contributed by atoms with Gasteiger partial charge in [-0.25, -0.2) is 0 Å². The van der Waals surface area contributed by atoms with Gasteiger partial charge >= 0.3 is 0 Å². The van der Waals surface area contributed by atoms with E-state index >= 15 is 0 Å². The Labute approximate surface area is 109 Å². The van der Waals surface area contributed by atoms with E-state index in [0.29, 0.717) is 21.4 Å². The molecule has 0 saturated carbocycles. The molecular weight excluding hydrogens is 261 g/mol. The standard InChI is InChI=1S/C11H13Cl2N3O/c12-6-4-8(14)10(5-7(6)13)16-9-2-1-3-15-11(9)17/h4-5,9,16H,1-3,14H2,(H,15,17). The summed E-state index contributed by atoms with van der Waals surface area (Å²) in [4.78, 5) is 11.6. The fourth-order valence-corrected chi connectivity index (χ4v) is 2.12. The van der Waals surface area contributed by atoms with Gasteiger partial charge in [-0.2, -0.15) is 0 Å². The summed E-state index contributed by atoms with van der Waals surface area (Å²) in [7, 11) is 0. The van der Waals surface area contributed by atoms with Crippen LogP contribution in [0.5, 0.6) is 0 Å². The second kappa shape index (κ2) is 5.02. The summed E-state index contributed by atoms with van der Waals surface area (Å²) in [5.41, 5.74) is 6.94. The number of nitrogen functional groups attached to an aromatic ring is 1. The van der Waals surface area contributed by atoms with Crippen molar-refractivity contribution in [2.45, 2.75) is 18.9 Å². The molecule has 1 aliphatic heterocycles. The van der Waals surface area contributed by atoms with Gasteiger partial charge in [0.05, 0.1) is 21.4 Å². The molecule has 0 spiro atoms. The lowest BCUT2D eigenvalue weighted by Crippen LogP contribution is -2.44. The van der Waals surface area contributed by atoms with E-state index in [1.54, 1.807) is 12.1 Å². The number of hydrogen-bond donors (Lipinski definition) is 3. The molecule has 1 heterocycles. The first-order chi connectivity index (χ1) is 8.08. The topological polar surface area (TPSA) is 67.2 Å². The van der Waals surface area contributed by atoms with Crippen molar-refractivity contribution in [3.8, 4) is 0 Å². The number of halogens is 2. The zero-order chi connectivity index (χ0) is 12.4. The van der Waals surface area contributed by atoms with E-state index in [1.165, 1.54) is 0 Å². The second-order valence-corrected chi connectivity index (χ2v) is 4.80. The normalized spacial score (nSPS) is 19.9. The number of benzene rings is 1.